The number of para-hydroxylation sites is 1. The first-order valence-corrected chi connectivity index (χ1v) is 11.8. The van der Waals surface area contributed by atoms with Crippen LogP contribution in [0.4, 0.5) is 0 Å². The van der Waals surface area contributed by atoms with Crippen LogP contribution in [0.2, 0.25) is 0 Å². The Hall–Kier alpha value is -1.97. The summed E-state index contributed by atoms with van der Waals surface area (Å²) in [6.07, 6.45) is 23.2. The fourth-order valence-electron chi connectivity index (χ4n) is 3.75. The fourth-order valence-corrected chi connectivity index (χ4v) is 3.75. The normalized spacial score (nSPS) is 11.6. The largest absolute Gasteiger partial charge is 0.273 e. The standard InChI is InChI=1S/C25H39N3O/c1-2-3-4-5-6-7-8-9-10-11-12-13-14-15-16-17-22-25(29)28-24-21-19-18-20-23(24)26-27-28/h3-4,18-21H,2,5-17,22H2,1H3/b4-3+. The van der Waals surface area contributed by atoms with E-state index < -0.39 is 0 Å². The predicted octanol–water partition coefficient (Wildman–Crippen LogP) is 7.50. The average Bonchev–Trinajstić information content (AvgIpc) is 3.17. The van der Waals surface area contributed by atoms with E-state index in [1.54, 1.807) is 0 Å². The molecule has 1 aromatic heterocycles. The van der Waals surface area contributed by atoms with Gasteiger partial charge in [0.05, 0.1) is 5.52 Å². The third-order valence-electron chi connectivity index (χ3n) is 5.50. The van der Waals surface area contributed by atoms with Crippen LogP contribution in [0.3, 0.4) is 0 Å². The molecule has 0 unspecified atom stereocenters. The van der Waals surface area contributed by atoms with E-state index in [-0.39, 0.29) is 5.91 Å². The molecule has 0 bridgehead atoms. The molecule has 0 atom stereocenters. The molecular weight excluding hydrogens is 358 g/mol. The Morgan fingerprint density at radius 1 is 0.828 bits per heavy atom. The molecule has 0 aliphatic rings. The van der Waals surface area contributed by atoms with E-state index in [0.29, 0.717) is 6.42 Å². The zero-order valence-electron chi connectivity index (χ0n) is 18.3. The van der Waals surface area contributed by atoms with Crippen molar-refractivity contribution in [3.05, 3.63) is 36.4 Å². The van der Waals surface area contributed by atoms with Gasteiger partial charge in [0.15, 0.2) is 0 Å². The molecule has 0 amide bonds. The molecule has 0 spiro atoms. The van der Waals surface area contributed by atoms with Crippen LogP contribution >= 0.6 is 0 Å². The van der Waals surface area contributed by atoms with E-state index in [2.05, 4.69) is 29.4 Å². The number of aromatic nitrogens is 3. The van der Waals surface area contributed by atoms with E-state index in [9.17, 15) is 4.79 Å². The second kappa shape index (κ2) is 14.9. The number of carbonyl (C=O) groups is 1. The quantitative estimate of drug-likeness (QED) is 0.218. The molecule has 2 aromatic rings. The Kier molecular flexibility index (Phi) is 12.0. The molecule has 4 nitrogen and oxygen atoms in total. The summed E-state index contributed by atoms with van der Waals surface area (Å²) in [6, 6.07) is 7.62. The van der Waals surface area contributed by atoms with Crippen LogP contribution in [0.5, 0.6) is 0 Å². The Morgan fingerprint density at radius 2 is 1.41 bits per heavy atom. The van der Waals surface area contributed by atoms with Crippen molar-refractivity contribution < 1.29 is 4.79 Å². The average molecular weight is 398 g/mol. The highest BCUT2D eigenvalue weighted by Gasteiger charge is 2.10. The maximum atomic E-state index is 12.3. The topological polar surface area (TPSA) is 47.8 Å². The Morgan fingerprint density at radius 3 is 2.07 bits per heavy atom. The highest BCUT2D eigenvalue weighted by molar-refractivity contribution is 5.88. The van der Waals surface area contributed by atoms with Gasteiger partial charge in [-0.1, -0.05) is 101 Å². The number of hydrogen-bond donors (Lipinski definition) is 0. The summed E-state index contributed by atoms with van der Waals surface area (Å²) in [6.45, 7) is 2.19. The van der Waals surface area contributed by atoms with Crippen LogP contribution in [0.15, 0.2) is 36.4 Å². The molecule has 4 heteroatoms. The molecule has 0 saturated heterocycles. The van der Waals surface area contributed by atoms with Crippen molar-refractivity contribution in [3.8, 4) is 0 Å². The van der Waals surface area contributed by atoms with Crippen LogP contribution in [-0.2, 0) is 0 Å². The number of allylic oxidation sites excluding steroid dienone is 2. The van der Waals surface area contributed by atoms with E-state index in [4.69, 9.17) is 0 Å². The number of hydrogen-bond acceptors (Lipinski definition) is 3. The Labute approximate surface area is 176 Å². The number of rotatable bonds is 16. The summed E-state index contributed by atoms with van der Waals surface area (Å²) in [5.41, 5.74) is 1.59. The number of unbranched alkanes of at least 4 members (excludes halogenated alkanes) is 12. The molecule has 2 rings (SSSR count). The van der Waals surface area contributed by atoms with Gasteiger partial charge in [0.2, 0.25) is 5.91 Å². The summed E-state index contributed by atoms with van der Waals surface area (Å²) in [5, 5.41) is 8.06. The molecule has 160 valence electrons. The lowest BCUT2D eigenvalue weighted by Crippen LogP contribution is -2.12. The minimum Gasteiger partial charge on any atom is -0.273 e. The first kappa shape index (κ1) is 23.3. The number of benzene rings is 1. The Bertz CT molecular complexity index is 720. The number of carbonyl (C=O) groups excluding carboxylic acids is 1. The summed E-state index contributed by atoms with van der Waals surface area (Å²) >= 11 is 0. The van der Waals surface area contributed by atoms with Crippen molar-refractivity contribution in [2.75, 3.05) is 0 Å². The minimum atomic E-state index is 0.0556. The SMILES string of the molecule is CC/C=C/CCCCCCCCCCCCCCC(=O)n1nnc2ccccc21. The molecule has 29 heavy (non-hydrogen) atoms. The lowest BCUT2D eigenvalue weighted by atomic mass is 10.0. The highest BCUT2D eigenvalue weighted by Crippen LogP contribution is 2.14. The lowest BCUT2D eigenvalue weighted by Gasteiger charge is -2.03. The van der Waals surface area contributed by atoms with Gasteiger partial charge in [-0.3, -0.25) is 4.79 Å². The summed E-state index contributed by atoms with van der Waals surface area (Å²) in [5.74, 6) is 0.0556. The number of nitrogens with zero attached hydrogens (tertiary/aromatic N) is 3. The van der Waals surface area contributed by atoms with Gasteiger partial charge < -0.3 is 0 Å². The van der Waals surface area contributed by atoms with Gasteiger partial charge >= 0.3 is 0 Å². The summed E-state index contributed by atoms with van der Waals surface area (Å²) < 4.78 is 1.46. The second-order valence-corrected chi connectivity index (χ2v) is 8.04. The zero-order chi connectivity index (χ0) is 20.6. The zero-order valence-corrected chi connectivity index (χ0v) is 18.3. The highest BCUT2D eigenvalue weighted by atomic mass is 16.2. The third kappa shape index (κ3) is 9.38. The smallest absolute Gasteiger partial charge is 0.248 e. The summed E-state index contributed by atoms with van der Waals surface area (Å²) in [4.78, 5) is 12.3. The third-order valence-corrected chi connectivity index (χ3v) is 5.50. The molecule has 0 N–H and O–H groups in total. The van der Waals surface area contributed by atoms with Gasteiger partial charge in [0, 0.05) is 6.42 Å². The maximum absolute atomic E-state index is 12.3. The van der Waals surface area contributed by atoms with Crippen molar-refractivity contribution in [3.63, 3.8) is 0 Å². The molecule has 0 aliphatic heterocycles. The molecule has 0 aliphatic carbocycles. The van der Waals surface area contributed by atoms with E-state index in [0.717, 1.165) is 23.9 Å². The molecule has 0 saturated carbocycles. The minimum absolute atomic E-state index is 0.0556. The predicted molar refractivity (Wildman–Crippen MR) is 122 cm³/mol. The number of fused-ring (bicyclic) bond motifs is 1. The van der Waals surface area contributed by atoms with Crippen LogP contribution in [0.25, 0.3) is 11.0 Å². The molecular formula is C25H39N3O. The van der Waals surface area contributed by atoms with Crippen LogP contribution in [0, 0.1) is 0 Å². The van der Waals surface area contributed by atoms with Crippen LogP contribution in [0.1, 0.15) is 108 Å². The van der Waals surface area contributed by atoms with E-state index in [1.165, 1.54) is 81.7 Å². The second-order valence-electron chi connectivity index (χ2n) is 8.04. The monoisotopic (exact) mass is 397 g/mol. The first-order valence-electron chi connectivity index (χ1n) is 11.8. The van der Waals surface area contributed by atoms with Crippen molar-refractivity contribution in [1.29, 1.82) is 0 Å². The van der Waals surface area contributed by atoms with Gasteiger partial charge in [-0.2, -0.15) is 4.68 Å². The Balaban J connectivity index is 1.38. The van der Waals surface area contributed by atoms with Crippen LogP contribution < -0.4 is 0 Å². The van der Waals surface area contributed by atoms with Gasteiger partial charge in [0.25, 0.3) is 0 Å². The van der Waals surface area contributed by atoms with Gasteiger partial charge in [0.1, 0.15) is 5.52 Å². The molecule has 0 fully saturated rings. The van der Waals surface area contributed by atoms with E-state index in [1.807, 2.05) is 24.3 Å². The van der Waals surface area contributed by atoms with Crippen molar-refractivity contribution >= 4 is 16.9 Å². The molecule has 1 aromatic carbocycles. The molecule has 0 radical (unpaired) electrons. The van der Waals surface area contributed by atoms with Gasteiger partial charge in [-0.05, 0) is 37.8 Å². The van der Waals surface area contributed by atoms with Crippen LogP contribution in [-0.4, -0.2) is 20.9 Å². The van der Waals surface area contributed by atoms with E-state index >= 15 is 0 Å². The first-order chi connectivity index (χ1) is 14.3. The molecule has 1 heterocycles. The fraction of sp³-hybridized carbons (Fsp3) is 0.640. The van der Waals surface area contributed by atoms with Gasteiger partial charge in [-0.25, -0.2) is 0 Å². The lowest BCUT2D eigenvalue weighted by molar-refractivity contribution is 0.0886. The van der Waals surface area contributed by atoms with Crippen molar-refractivity contribution in [1.82, 2.24) is 15.0 Å². The van der Waals surface area contributed by atoms with Crippen molar-refractivity contribution in [2.45, 2.75) is 103 Å². The maximum Gasteiger partial charge on any atom is 0.248 e. The van der Waals surface area contributed by atoms with Gasteiger partial charge in [-0.15, -0.1) is 5.10 Å². The summed E-state index contributed by atoms with van der Waals surface area (Å²) in [7, 11) is 0. The van der Waals surface area contributed by atoms with Crippen molar-refractivity contribution in [2.24, 2.45) is 0 Å².